The van der Waals surface area contributed by atoms with Gasteiger partial charge in [-0.05, 0) is 82.2 Å². The first-order valence-electron chi connectivity index (χ1n) is 9.88. The number of phenolic OH excluding ortho intramolecular Hbond substituents is 1. The number of piperidine rings is 1. The third-order valence-corrected chi connectivity index (χ3v) is 5.97. The Morgan fingerprint density at radius 1 is 1.04 bits per heavy atom. The van der Waals surface area contributed by atoms with Crippen LogP contribution in [0.5, 0.6) is 5.75 Å². The molecule has 1 saturated heterocycles. The van der Waals surface area contributed by atoms with E-state index in [9.17, 15) is 9.90 Å². The predicted molar refractivity (Wildman–Crippen MR) is 109 cm³/mol. The molecule has 1 aliphatic heterocycles. The van der Waals surface area contributed by atoms with Gasteiger partial charge in [0.15, 0.2) is 0 Å². The van der Waals surface area contributed by atoms with Crippen molar-refractivity contribution >= 4 is 5.91 Å². The molecular formula is C23H30N2O2. The second-order valence-corrected chi connectivity index (χ2v) is 7.49. The monoisotopic (exact) mass is 366 g/mol. The Morgan fingerprint density at radius 3 is 2.22 bits per heavy atom. The quantitative estimate of drug-likeness (QED) is 0.873. The number of amides is 1. The van der Waals surface area contributed by atoms with E-state index in [-0.39, 0.29) is 11.3 Å². The zero-order valence-electron chi connectivity index (χ0n) is 16.6. The zero-order valence-corrected chi connectivity index (χ0v) is 16.6. The van der Waals surface area contributed by atoms with Crippen molar-refractivity contribution in [3.05, 3.63) is 65.2 Å². The highest BCUT2D eigenvalue weighted by Gasteiger charge is 2.37. The Balaban J connectivity index is 1.97. The Bertz CT molecular complexity index is 773. The fourth-order valence-corrected chi connectivity index (χ4v) is 4.17. The van der Waals surface area contributed by atoms with Gasteiger partial charge in [0.2, 0.25) is 0 Å². The maximum absolute atomic E-state index is 12.6. The smallest absolute Gasteiger partial charge is 0.253 e. The standard InChI is InChI=1S/C23H30N2O2/c1-4-25(5-2)22(27)18-9-11-19(12-10-18)23(13-15-24(3)16-14-23)20-7-6-8-21(26)17-20/h6-12,17,26H,4-5,13-16H2,1-3H3. The molecule has 0 bridgehead atoms. The van der Waals surface area contributed by atoms with Gasteiger partial charge in [0.25, 0.3) is 5.91 Å². The number of rotatable bonds is 5. The van der Waals surface area contributed by atoms with Crippen LogP contribution >= 0.6 is 0 Å². The molecule has 4 nitrogen and oxygen atoms in total. The molecule has 2 aromatic rings. The summed E-state index contributed by atoms with van der Waals surface area (Å²) in [5.74, 6) is 0.389. The largest absolute Gasteiger partial charge is 0.508 e. The van der Waals surface area contributed by atoms with Crippen molar-refractivity contribution in [3.63, 3.8) is 0 Å². The molecule has 0 unspecified atom stereocenters. The molecule has 1 heterocycles. The van der Waals surface area contributed by atoms with Crippen LogP contribution in [0.2, 0.25) is 0 Å². The highest BCUT2D eigenvalue weighted by molar-refractivity contribution is 5.94. The number of likely N-dealkylation sites (tertiary alicyclic amines) is 1. The second-order valence-electron chi connectivity index (χ2n) is 7.49. The molecule has 0 saturated carbocycles. The third-order valence-electron chi connectivity index (χ3n) is 5.97. The van der Waals surface area contributed by atoms with Crippen molar-refractivity contribution in [1.29, 1.82) is 0 Å². The topological polar surface area (TPSA) is 43.8 Å². The number of aromatic hydroxyl groups is 1. The minimum atomic E-state index is -0.123. The van der Waals surface area contributed by atoms with Crippen LogP contribution in [0.1, 0.15) is 48.2 Å². The average molecular weight is 367 g/mol. The molecule has 1 aliphatic rings. The minimum Gasteiger partial charge on any atom is -0.508 e. The molecule has 27 heavy (non-hydrogen) atoms. The number of phenols is 1. The molecule has 4 heteroatoms. The molecule has 0 spiro atoms. The molecule has 0 aromatic heterocycles. The molecule has 1 N–H and O–H groups in total. The van der Waals surface area contributed by atoms with E-state index in [1.54, 1.807) is 6.07 Å². The summed E-state index contributed by atoms with van der Waals surface area (Å²) in [7, 11) is 2.15. The van der Waals surface area contributed by atoms with Gasteiger partial charge in [-0.25, -0.2) is 0 Å². The van der Waals surface area contributed by atoms with Crippen molar-refractivity contribution in [3.8, 4) is 5.75 Å². The first kappa shape index (κ1) is 19.4. The maximum atomic E-state index is 12.6. The molecule has 144 valence electrons. The van der Waals surface area contributed by atoms with Crippen LogP contribution in [-0.2, 0) is 5.41 Å². The second kappa shape index (κ2) is 8.13. The van der Waals surface area contributed by atoms with E-state index in [1.807, 2.05) is 43.0 Å². The first-order chi connectivity index (χ1) is 13.0. The molecule has 0 atom stereocenters. The highest BCUT2D eigenvalue weighted by Crippen LogP contribution is 2.42. The Labute approximate surface area is 162 Å². The van der Waals surface area contributed by atoms with E-state index in [2.05, 4.69) is 30.1 Å². The fraction of sp³-hybridized carbons (Fsp3) is 0.435. The van der Waals surface area contributed by atoms with Crippen molar-refractivity contribution in [2.24, 2.45) is 0 Å². The van der Waals surface area contributed by atoms with E-state index < -0.39 is 0 Å². The fourth-order valence-electron chi connectivity index (χ4n) is 4.17. The van der Waals surface area contributed by atoms with Crippen LogP contribution in [0, 0.1) is 0 Å². The molecular weight excluding hydrogens is 336 g/mol. The van der Waals surface area contributed by atoms with Crippen LogP contribution in [0.3, 0.4) is 0 Å². The number of carbonyl (C=O) groups excluding carboxylic acids is 1. The Hall–Kier alpha value is -2.33. The summed E-state index contributed by atoms with van der Waals surface area (Å²) in [6, 6.07) is 15.8. The van der Waals surface area contributed by atoms with Crippen LogP contribution in [0.15, 0.2) is 48.5 Å². The minimum absolute atomic E-state index is 0.0846. The van der Waals surface area contributed by atoms with Crippen molar-refractivity contribution in [2.75, 3.05) is 33.2 Å². The molecule has 1 fully saturated rings. The van der Waals surface area contributed by atoms with Gasteiger partial charge in [-0.15, -0.1) is 0 Å². The zero-order chi connectivity index (χ0) is 19.4. The van der Waals surface area contributed by atoms with Gasteiger partial charge in [-0.2, -0.15) is 0 Å². The highest BCUT2D eigenvalue weighted by atomic mass is 16.3. The summed E-state index contributed by atoms with van der Waals surface area (Å²) in [5, 5.41) is 10.0. The Morgan fingerprint density at radius 2 is 1.67 bits per heavy atom. The molecule has 1 amide bonds. The number of nitrogens with zero attached hydrogens (tertiary/aromatic N) is 2. The summed E-state index contributed by atoms with van der Waals surface area (Å²) in [6.45, 7) is 7.47. The summed E-state index contributed by atoms with van der Waals surface area (Å²) in [6.07, 6.45) is 1.99. The van der Waals surface area contributed by atoms with Crippen LogP contribution in [0.4, 0.5) is 0 Å². The summed E-state index contributed by atoms with van der Waals surface area (Å²) in [4.78, 5) is 16.8. The van der Waals surface area contributed by atoms with E-state index >= 15 is 0 Å². The summed E-state index contributed by atoms with van der Waals surface area (Å²) < 4.78 is 0. The predicted octanol–water partition coefficient (Wildman–Crippen LogP) is 3.89. The summed E-state index contributed by atoms with van der Waals surface area (Å²) >= 11 is 0. The maximum Gasteiger partial charge on any atom is 0.253 e. The average Bonchev–Trinajstić information content (AvgIpc) is 2.70. The van der Waals surface area contributed by atoms with E-state index in [0.717, 1.165) is 50.1 Å². The van der Waals surface area contributed by atoms with Gasteiger partial charge >= 0.3 is 0 Å². The first-order valence-corrected chi connectivity index (χ1v) is 9.88. The van der Waals surface area contributed by atoms with Gasteiger partial charge in [0.05, 0.1) is 0 Å². The van der Waals surface area contributed by atoms with Gasteiger partial charge < -0.3 is 14.9 Å². The number of hydrogen-bond donors (Lipinski definition) is 1. The number of benzene rings is 2. The van der Waals surface area contributed by atoms with Crippen molar-refractivity contribution < 1.29 is 9.90 Å². The van der Waals surface area contributed by atoms with Gasteiger partial charge in [0.1, 0.15) is 5.75 Å². The molecule has 0 radical (unpaired) electrons. The molecule has 2 aromatic carbocycles. The van der Waals surface area contributed by atoms with E-state index in [4.69, 9.17) is 0 Å². The van der Waals surface area contributed by atoms with E-state index in [0.29, 0.717) is 5.75 Å². The van der Waals surface area contributed by atoms with Crippen LogP contribution in [0.25, 0.3) is 0 Å². The van der Waals surface area contributed by atoms with E-state index in [1.165, 1.54) is 5.56 Å². The van der Waals surface area contributed by atoms with Gasteiger partial charge in [0, 0.05) is 24.1 Å². The number of hydrogen-bond acceptors (Lipinski definition) is 3. The summed E-state index contributed by atoms with van der Waals surface area (Å²) in [5.41, 5.74) is 2.99. The van der Waals surface area contributed by atoms with Crippen molar-refractivity contribution in [2.45, 2.75) is 32.1 Å². The molecule has 0 aliphatic carbocycles. The van der Waals surface area contributed by atoms with Crippen LogP contribution in [-0.4, -0.2) is 54.0 Å². The molecule has 3 rings (SSSR count). The van der Waals surface area contributed by atoms with Gasteiger partial charge in [-0.1, -0.05) is 24.3 Å². The number of carbonyl (C=O) groups is 1. The lowest BCUT2D eigenvalue weighted by Gasteiger charge is -2.42. The van der Waals surface area contributed by atoms with Gasteiger partial charge in [-0.3, -0.25) is 4.79 Å². The SMILES string of the molecule is CCN(CC)C(=O)c1ccc(C2(c3cccc(O)c3)CCN(C)CC2)cc1. The lowest BCUT2D eigenvalue weighted by atomic mass is 9.68. The third kappa shape index (κ3) is 3.86. The van der Waals surface area contributed by atoms with Crippen LogP contribution < -0.4 is 0 Å². The normalized spacial score (nSPS) is 16.9. The lowest BCUT2D eigenvalue weighted by molar-refractivity contribution is 0.0773. The van der Waals surface area contributed by atoms with Crippen molar-refractivity contribution in [1.82, 2.24) is 9.80 Å². The lowest BCUT2D eigenvalue weighted by Crippen LogP contribution is -2.41. The Kier molecular flexibility index (Phi) is 5.85.